The first kappa shape index (κ1) is 22.2. The van der Waals surface area contributed by atoms with Crippen molar-refractivity contribution in [1.29, 1.82) is 0 Å². The largest absolute Gasteiger partial charge is 0.323 e. The molecule has 0 radical (unpaired) electrons. The van der Waals surface area contributed by atoms with Gasteiger partial charge in [-0.05, 0) is 52.9 Å². The number of urea groups is 1. The minimum atomic E-state index is -0.280. The summed E-state index contributed by atoms with van der Waals surface area (Å²) in [6.45, 7) is 7.40. The summed E-state index contributed by atoms with van der Waals surface area (Å²) in [5.41, 5.74) is 6.84. The fourth-order valence-electron chi connectivity index (χ4n) is 4.05. The molecular formula is C27H27N5OS. The number of benzene rings is 2. The van der Waals surface area contributed by atoms with E-state index in [9.17, 15) is 4.79 Å². The van der Waals surface area contributed by atoms with Gasteiger partial charge < -0.3 is 10.6 Å². The Morgan fingerprint density at radius 1 is 0.941 bits per heavy atom. The molecular weight excluding hydrogens is 442 g/mol. The van der Waals surface area contributed by atoms with Crippen LogP contribution in [0.3, 0.4) is 0 Å². The van der Waals surface area contributed by atoms with Gasteiger partial charge in [0.25, 0.3) is 0 Å². The maximum Gasteiger partial charge on any atom is 0.323 e. The second-order valence-corrected chi connectivity index (χ2v) is 10.4. The van der Waals surface area contributed by atoms with Crippen molar-refractivity contribution in [2.45, 2.75) is 37.8 Å². The number of anilines is 2. The van der Waals surface area contributed by atoms with Gasteiger partial charge in [-0.1, -0.05) is 45.0 Å². The third kappa shape index (κ3) is 4.56. The molecule has 0 bridgehead atoms. The summed E-state index contributed by atoms with van der Waals surface area (Å²) in [6, 6.07) is 19.5. The zero-order valence-electron chi connectivity index (χ0n) is 19.5. The Balaban J connectivity index is 1.37. The molecule has 5 rings (SSSR count). The van der Waals surface area contributed by atoms with Crippen molar-refractivity contribution in [2.75, 3.05) is 16.4 Å². The first-order valence-electron chi connectivity index (χ1n) is 11.3. The standard InChI is InChI=1S/C27H27N5OS/c1-27(2,3)20-7-9-21(10-8-20)29-26(33)30-22-6-4-5-19(17-22)24-23(18-11-13-28-14-12-18)25-32(31-24)15-16-34-25/h4-14,17H,15-16H2,1-3H3,(H2,29,30,33). The second-order valence-electron chi connectivity index (χ2n) is 9.32. The highest BCUT2D eigenvalue weighted by Crippen LogP contribution is 2.42. The van der Waals surface area contributed by atoms with Crippen LogP contribution in [0, 0.1) is 0 Å². The zero-order chi connectivity index (χ0) is 23.7. The number of carbonyl (C=O) groups is 1. The normalized spacial score (nSPS) is 12.9. The average Bonchev–Trinajstić information content (AvgIpc) is 3.41. The van der Waals surface area contributed by atoms with Crippen LogP contribution < -0.4 is 10.6 Å². The molecule has 34 heavy (non-hydrogen) atoms. The van der Waals surface area contributed by atoms with E-state index in [1.165, 1.54) is 10.6 Å². The fourth-order valence-corrected chi connectivity index (χ4v) is 5.14. The number of thioether (sulfide) groups is 1. The summed E-state index contributed by atoms with van der Waals surface area (Å²) in [4.78, 5) is 16.8. The van der Waals surface area contributed by atoms with Gasteiger partial charge in [0, 0.05) is 40.6 Å². The molecule has 4 aromatic rings. The Bertz CT molecular complexity index is 1320. The van der Waals surface area contributed by atoms with E-state index in [0.29, 0.717) is 5.69 Å². The summed E-state index contributed by atoms with van der Waals surface area (Å²) < 4.78 is 2.07. The lowest BCUT2D eigenvalue weighted by Gasteiger charge is -2.19. The highest BCUT2D eigenvalue weighted by Gasteiger charge is 2.24. The molecule has 0 atom stereocenters. The summed E-state index contributed by atoms with van der Waals surface area (Å²) in [6.07, 6.45) is 3.61. The van der Waals surface area contributed by atoms with Gasteiger partial charge in [0.2, 0.25) is 0 Å². The second kappa shape index (κ2) is 8.99. The van der Waals surface area contributed by atoms with Crippen molar-refractivity contribution >= 4 is 29.2 Å². The van der Waals surface area contributed by atoms with Gasteiger partial charge in [-0.15, -0.1) is 11.8 Å². The lowest BCUT2D eigenvalue weighted by molar-refractivity contribution is 0.262. The Morgan fingerprint density at radius 2 is 1.68 bits per heavy atom. The molecule has 1 aliphatic heterocycles. The Morgan fingerprint density at radius 3 is 2.41 bits per heavy atom. The average molecular weight is 470 g/mol. The predicted molar refractivity (Wildman–Crippen MR) is 139 cm³/mol. The Labute approximate surface area is 203 Å². The molecule has 2 N–H and O–H groups in total. The minimum absolute atomic E-state index is 0.0716. The lowest BCUT2D eigenvalue weighted by Crippen LogP contribution is -2.19. The van der Waals surface area contributed by atoms with Crippen LogP contribution >= 0.6 is 11.8 Å². The molecule has 7 heteroatoms. The molecule has 0 spiro atoms. The molecule has 0 saturated heterocycles. The van der Waals surface area contributed by atoms with Gasteiger partial charge in [-0.2, -0.15) is 5.10 Å². The van der Waals surface area contributed by atoms with E-state index >= 15 is 0 Å². The highest BCUT2D eigenvalue weighted by molar-refractivity contribution is 7.99. The van der Waals surface area contributed by atoms with Gasteiger partial charge in [-0.25, -0.2) is 4.79 Å². The van der Waals surface area contributed by atoms with Gasteiger partial charge >= 0.3 is 6.03 Å². The summed E-state index contributed by atoms with van der Waals surface area (Å²) in [5.74, 6) is 1.03. The maximum atomic E-state index is 12.7. The predicted octanol–water partition coefficient (Wildman–Crippen LogP) is 6.66. The van der Waals surface area contributed by atoms with Crippen molar-refractivity contribution in [3.05, 3.63) is 78.6 Å². The summed E-state index contributed by atoms with van der Waals surface area (Å²) >= 11 is 1.82. The number of hydrogen-bond acceptors (Lipinski definition) is 4. The van der Waals surface area contributed by atoms with Gasteiger partial charge in [0.05, 0.1) is 6.54 Å². The number of nitrogens with zero attached hydrogens (tertiary/aromatic N) is 3. The first-order valence-corrected chi connectivity index (χ1v) is 12.3. The van der Waals surface area contributed by atoms with E-state index in [2.05, 4.69) is 41.1 Å². The van der Waals surface area contributed by atoms with E-state index in [1.807, 2.05) is 72.4 Å². The van der Waals surface area contributed by atoms with Crippen LogP contribution in [0.4, 0.5) is 16.2 Å². The van der Waals surface area contributed by atoms with E-state index in [-0.39, 0.29) is 11.4 Å². The molecule has 172 valence electrons. The number of rotatable bonds is 4. The van der Waals surface area contributed by atoms with Crippen LogP contribution in [0.1, 0.15) is 26.3 Å². The van der Waals surface area contributed by atoms with Crippen LogP contribution in [-0.4, -0.2) is 26.5 Å². The van der Waals surface area contributed by atoms with Gasteiger partial charge in [0.1, 0.15) is 10.7 Å². The maximum absolute atomic E-state index is 12.7. The molecule has 0 unspecified atom stereocenters. The van der Waals surface area contributed by atoms with E-state index in [1.54, 1.807) is 12.4 Å². The van der Waals surface area contributed by atoms with Crippen molar-refractivity contribution in [2.24, 2.45) is 0 Å². The van der Waals surface area contributed by atoms with Crippen LogP contribution in [0.2, 0.25) is 0 Å². The monoisotopic (exact) mass is 469 g/mol. The van der Waals surface area contributed by atoms with Crippen molar-refractivity contribution < 1.29 is 4.79 Å². The van der Waals surface area contributed by atoms with E-state index in [0.717, 1.165) is 40.4 Å². The summed E-state index contributed by atoms with van der Waals surface area (Å²) in [5, 5.41) is 11.9. The lowest BCUT2D eigenvalue weighted by atomic mass is 9.87. The smallest absolute Gasteiger partial charge is 0.308 e. The summed E-state index contributed by atoms with van der Waals surface area (Å²) in [7, 11) is 0. The topological polar surface area (TPSA) is 71.8 Å². The number of amides is 2. The number of hydrogen-bond donors (Lipinski definition) is 2. The van der Waals surface area contributed by atoms with Crippen LogP contribution in [0.25, 0.3) is 22.4 Å². The number of carbonyl (C=O) groups excluding carboxylic acids is 1. The third-order valence-electron chi connectivity index (χ3n) is 5.82. The Kier molecular flexibility index (Phi) is 5.87. The molecule has 2 aromatic heterocycles. The molecule has 2 aromatic carbocycles. The molecule has 1 aliphatic rings. The van der Waals surface area contributed by atoms with E-state index in [4.69, 9.17) is 5.10 Å². The number of nitrogens with one attached hydrogen (secondary N) is 2. The number of aryl methyl sites for hydroxylation is 1. The SMILES string of the molecule is CC(C)(C)c1ccc(NC(=O)Nc2cccc(-c3nn4c(c3-c3ccncc3)SCC4)c2)cc1. The molecule has 0 aliphatic carbocycles. The van der Waals surface area contributed by atoms with E-state index < -0.39 is 0 Å². The van der Waals surface area contributed by atoms with Crippen molar-refractivity contribution in [3.63, 3.8) is 0 Å². The molecule has 2 amide bonds. The minimum Gasteiger partial charge on any atom is -0.308 e. The highest BCUT2D eigenvalue weighted by atomic mass is 32.2. The fraction of sp³-hybridized carbons (Fsp3) is 0.222. The van der Waals surface area contributed by atoms with Crippen molar-refractivity contribution in [1.82, 2.24) is 14.8 Å². The van der Waals surface area contributed by atoms with Crippen LogP contribution in [0.15, 0.2) is 78.1 Å². The third-order valence-corrected chi connectivity index (χ3v) is 6.89. The quantitative estimate of drug-likeness (QED) is 0.351. The van der Waals surface area contributed by atoms with Gasteiger partial charge in [0.15, 0.2) is 0 Å². The van der Waals surface area contributed by atoms with Crippen molar-refractivity contribution in [3.8, 4) is 22.4 Å². The molecule has 0 fully saturated rings. The van der Waals surface area contributed by atoms with Crippen LogP contribution in [0.5, 0.6) is 0 Å². The zero-order valence-corrected chi connectivity index (χ0v) is 20.3. The number of aromatic nitrogens is 3. The Hall–Kier alpha value is -3.58. The molecule has 6 nitrogen and oxygen atoms in total. The molecule has 3 heterocycles. The number of fused-ring (bicyclic) bond motifs is 1. The first-order chi connectivity index (χ1) is 16.4. The van der Waals surface area contributed by atoms with Gasteiger partial charge in [-0.3, -0.25) is 9.67 Å². The van der Waals surface area contributed by atoms with Crippen LogP contribution in [-0.2, 0) is 12.0 Å². The molecule has 0 saturated carbocycles. The number of pyridine rings is 1.